The second-order valence-corrected chi connectivity index (χ2v) is 1.49. The number of rotatable bonds is 2. The number of hydrogen-bond donors (Lipinski definition) is 4. The van der Waals surface area contributed by atoms with E-state index in [-0.39, 0.29) is 0 Å². The lowest BCUT2D eigenvalue weighted by Gasteiger charge is -2.13. The van der Waals surface area contributed by atoms with Crippen molar-refractivity contribution in [3.8, 4) is 0 Å². The zero-order valence-corrected chi connectivity index (χ0v) is 4.25. The molecule has 0 rings (SSSR count). The van der Waals surface area contributed by atoms with Gasteiger partial charge in [-0.25, -0.2) is 4.79 Å². The van der Waals surface area contributed by atoms with E-state index in [1.165, 1.54) is 5.48 Å². The first-order valence-corrected chi connectivity index (χ1v) is 1.87. The number of carboxylic acid groups (broad SMARTS) is 1. The van der Waals surface area contributed by atoms with Crippen LogP contribution in [-0.2, 0) is 4.79 Å². The predicted molar refractivity (Wildman–Crippen MR) is 23.2 cm³/mol. The Labute approximate surface area is 45.5 Å². The Morgan fingerprint density at radius 2 is 2.12 bits per heavy atom. The zero-order valence-electron chi connectivity index (χ0n) is 4.25. The van der Waals surface area contributed by atoms with Crippen LogP contribution >= 0.6 is 0 Å². The third kappa shape index (κ3) is 1.45. The van der Waals surface area contributed by atoms with Gasteiger partial charge in [-0.2, -0.15) is 5.48 Å². The molecular weight excluding hydrogens is 114 g/mol. The first kappa shape index (κ1) is 7.35. The molecule has 48 valence electrons. The van der Waals surface area contributed by atoms with Crippen LogP contribution in [0.5, 0.6) is 0 Å². The standard InChI is InChI=1S/C3H7NO4/c1-3(7,4-8)2(5)6/h4,7-8H,1H3,(H,5,6)/t3-/m1/s1. The quantitative estimate of drug-likeness (QED) is 0.271. The molecule has 5 heteroatoms. The predicted octanol–water partition coefficient (Wildman–Crippen LogP) is -1.24. The van der Waals surface area contributed by atoms with E-state index >= 15 is 0 Å². The molecule has 0 aromatic carbocycles. The lowest BCUT2D eigenvalue weighted by atomic mass is 10.3. The zero-order chi connectivity index (χ0) is 6.78. The molecule has 0 aromatic heterocycles. The highest BCUT2D eigenvalue weighted by Gasteiger charge is 2.28. The monoisotopic (exact) mass is 121 g/mol. The summed E-state index contributed by atoms with van der Waals surface area (Å²) in [4.78, 5) is 9.78. The van der Waals surface area contributed by atoms with Crippen LogP contribution in [-0.4, -0.2) is 27.1 Å². The van der Waals surface area contributed by atoms with E-state index in [1.807, 2.05) is 0 Å². The Hall–Kier alpha value is -0.650. The lowest BCUT2D eigenvalue weighted by Crippen LogP contribution is -2.47. The SMILES string of the molecule is C[C@](O)(NO)C(=O)O. The summed E-state index contributed by atoms with van der Waals surface area (Å²) in [5.74, 6) is -1.53. The molecule has 0 aliphatic rings. The van der Waals surface area contributed by atoms with Crippen LogP contribution in [0.1, 0.15) is 6.92 Å². The van der Waals surface area contributed by atoms with E-state index in [2.05, 4.69) is 0 Å². The molecular formula is C3H7NO4. The second kappa shape index (κ2) is 2.08. The van der Waals surface area contributed by atoms with Crippen molar-refractivity contribution in [2.24, 2.45) is 0 Å². The van der Waals surface area contributed by atoms with Crippen LogP contribution in [0.15, 0.2) is 0 Å². The summed E-state index contributed by atoms with van der Waals surface area (Å²) in [5.41, 5.74) is -1.04. The van der Waals surface area contributed by atoms with Gasteiger partial charge in [0.2, 0.25) is 5.72 Å². The molecule has 0 fully saturated rings. The van der Waals surface area contributed by atoms with Gasteiger partial charge in [0, 0.05) is 0 Å². The second-order valence-electron chi connectivity index (χ2n) is 1.49. The average Bonchev–Trinajstić information content (AvgIpc) is 1.67. The van der Waals surface area contributed by atoms with E-state index in [0.29, 0.717) is 0 Å². The number of hydroxylamine groups is 1. The normalized spacial score (nSPS) is 17.4. The molecule has 0 amide bonds. The maximum Gasteiger partial charge on any atom is 0.353 e. The fraction of sp³-hybridized carbons (Fsp3) is 0.667. The van der Waals surface area contributed by atoms with Crippen LogP contribution in [0.4, 0.5) is 0 Å². The fourth-order valence-corrected chi connectivity index (χ4v) is 0.0478. The van der Waals surface area contributed by atoms with Gasteiger partial charge in [-0.1, -0.05) is 0 Å². The molecule has 1 atom stereocenters. The van der Waals surface area contributed by atoms with Crippen molar-refractivity contribution in [3.05, 3.63) is 0 Å². The highest BCUT2D eigenvalue weighted by atomic mass is 16.5. The van der Waals surface area contributed by atoms with Crippen molar-refractivity contribution in [2.75, 3.05) is 0 Å². The smallest absolute Gasteiger partial charge is 0.353 e. The highest BCUT2D eigenvalue weighted by Crippen LogP contribution is 1.93. The van der Waals surface area contributed by atoms with Gasteiger partial charge in [0.25, 0.3) is 0 Å². The average molecular weight is 121 g/mol. The highest BCUT2D eigenvalue weighted by molar-refractivity contribution is 5.75. The molecule has 0 saturated heterocycles. The summed E-state index contributed by atoms with van der Waals surface area (Å²) in [6.07, 6.45) is 0. The van der Waals surface area contributed by atoms with Crippen LogP contribution in [0.2, 0.25) is 0 Å². The first-order chi connectivity index (χ1) is 3.50. The Balaban J connectivity index is 3.91. The van der Waals surface area contributed by atoms with Gasteiger partial charge in [-0.3, -0.25) is 0 Å². The third-order valence-electron chi connectivity index (χ3n) is 0.634. The van der Waals surface area contributed by atoms with E-state index in [4.69, 9.17) is 15.4 Å². The molecule has 4 N–H and O–H groups in total. The number of carboxylic acids is 1. The molecule has 0 heterocycles. The Morgan fingerprint density at radius 3 is 2.12 bits per heavy atom. The van der Waals surface area contributed by atoms with Gasteiger partial charge in [-0.15, -0.1) is 0 Å². The minimum atomic E-state index is -2.24. The van der Waals surface area contributed by atoms with Crippen LogP contribution in [0, 0.1) is 0 Å². The molecule has 0 aliphatic heterocycles. The summed E-state index contributed by atoms with van der Waals surface area (Å²) in [6, 6.07) is 0. The van der Waals surface area contributed by atoms with Gasteiger partial charge in [-0.05, 0) is 6.92 Å². The minimum absolute atomic E-state index is 0.912. The maximum absolute atomic E-state index is 9.78. The fourth-order valence-electron chi connectivity index (χ4n) is 0.0478. The van der Waals surface area contributed by atoms with E-state index in [9.17, 15) is 4.79 Å². The Bertz CT molecular complexity index is 99.5. The maximum atomic E-state index is 9.78. The summed E-state index contributed by atoms with van der Waals surface area (Å²) in [6.45, 7) is 0.912. The lowest BCUT2D eigenvalue weighted by molar-refractivity contribution is -0.172. The Morgan fingerprint density at radius 1 is 1.75 bits per heavy atom. The molecule has 0 aliphatic carbocycles. The van der Waals surface area contributed by atoms with Crippen molar-refractivity contribution in [1.29, 1.82) is 0 Å². The Kier molecular flexibility index (Phi) is 1.91. The van der Waals surface area contributed by atoms with Gasteiger partial charge in [0.1, 0.15) is 0 Å². The van der Waals surface area contributed by atoms with Crippen molar-refractivity contribution >= 4 is 5.97 Å². The van der Waals surface area contributed by atoms with E-state index < -0.39 is 11.7 Å². The summed E-state index contributed by atoms with van der Waals surface area (Å²) >= 11 is 0. The number of aliphatic carboxylic acids is 1. The topological polar surface area (TPSA) is 89.8 Å². The van der Waals surface area contributed by atoms with Crippen LogP contribution < -0.4 is 5.48 Å². The largest absolute Gasteiger partial charge is 0.478 e. The number of carbonyl (C=O) groups is 1. The summed E-state index contributed by atoms with van der Waals surface area (Å²) in [7, 11) is 0. The number of aliphatic hydroxyl groups is 1. The van der Waals surface area contributed by atoms with Gasteiger partial charge in [0.15, 0.2) is 0 Å². The van der Waals surface area contributed by atoms with Gasteiger partial charge >= 0.3 is 5.97 Å². The summed E-state index contributed by atoms with van der Waals surface area (Å²) < 4.78 is 0. The molecule has 0 bridgehead atoms. The van der Waals surface area contributed by atoms with Crippen molar-refractivity contribution < 1.29 is 20.2 Å². The minimum Gasteiger partial charge on any atom is -0.478 e. The van der Waals surface area contributed by atoms with Crippen LogP contribution in [0.25, 0.3) is 0 Å². The number of nitrogens with one attached hydrogen (secondary N) is 1. The van der Waals surface area contributed by atoms with Gasteiger partial charge < -0.3 is 15.4 Å². The van der Waals surface area contributed by atoms with Crippen molar-refractivity contribution in [1.82, 2.24) is 5.48 Å². The van der Waals surface area contributed by atoms with Gasteiger partial charge in [0.05, 0.1) is 0 Å². The van der Waals surface area contributed by atoms with E-state index in [0.717, 1.165) is 6.92 Å². The molecule has 8 heavy (non-hydrogen) atoms. The van der Waals surface area contributed by atoms with Crippen LogP contribution in [0.3, 0.4) is 0 Å². The molecule has 0 radical (unpaired) electrons. The van der Waals surface area contributed by atoms with Crippen molar-refractivity contribution in [3.63, 3.8) is 0 Å². The molecule has 0 saturated carbocycles. The number of hydrogen-bond acceptors (Lipinski definition) is 4. The molecule has 0 spiro atoms. The third-order valence-corrected chi connectivity index (χ3v) is 0.634. The molecule has 0 aromatic rings. The first-order valence-electron chi connectivity index (χ1n) is 1.87. The molecule has 5 nitrogen and oxygen atoms in total. The summed E-state index contributed by atoms with van der Waals surface area (Å²) in [5, 5.41) is 24.3. The van der Waals surface area contributed by atoms with E-state index in [1.54, 1.807) is 0 Å². The molecule has 0 unspecified atom stereocenters. The van der Waals surface area contributed by atoms with Crippen molar-refractivity contribution in [2.45, 2.75) is 12.6 Å².